The topological polar surface area (TPSA) is 62.7 Å². The number of carbonyl (C=O) groups is 1. The Labute approximate surface area is 185 Å². The monoisotopic (exact) mass is 424 g/mol. The summed E-state index contributed by atoms with van der Waals surface area (Å²) in [5.74, 6) is 0.800. The number of benzene rings is 1. The smallest absolute Gasteiger partial charge is 0.307 e. The molecule has 1 saturated heterocycles. The van der Waals surface area contributed by atoms with Crippen molar-refractivity contribution in [3.8, 4) is 5.75 Å². The summed E-state index contributed by atoms with van der Waals surface area (Å²) in [6, 6.07) is 10.3. The number of pyridine rings is 1. The van der Waals surface area contributed by atoms with Crippen LogP contribution in [0.2, 0.25) is 0 Å². The van der Waals surface area contributed by atoms with Gasteiger partial charge in [0, 0.05) is 18.5 Å². The first-order valence-electron chi connectivity index (χ1n) is 11.9. The third-order valence-electron chi connectivity index (χ3n) is 7.72. The van der Waals surface area contributed by atoms with Gasteiger partial charge in [0.25, 0.3) is 0 Å². The van der Waals surface area contributed by atoms with Gasteiger partial charge in [-0.1, -0.05) is 33.3 Å². The van der Waals surface area contributed by atoms with Gasteiger partial charge in [-0.3, -0.25) is 14.7 Å². The van der Waals surface area contributed by atoms with Crippen molar-refractivity contribution in [1.82, 2.24) is 9.88 Å². The van der Waals surface area contributed by atoms with Gasteiger partial charge in [-0.2, -0.15) is 0 Å². The van der Waals surface area contributed by atoms with Gasteiger partial charge >= 0.3 is 5.97 Å². The van der Waals surface area contributed by atoms with Crippen molar-refractivity contribution in [2.24, 2.45) is 17.3 Å². The molecule has 2 aliphatic rings. The van der Waals surface area contributed by atoms with Crippen LogP contribution in [-0.2, 0) is 11.3 Å². The standard InChI is InChI=1S/C26H36N2O3/c1-4-26(2,3)20-6-9-22(10-7-20)31-23-11-12-24-18(15-23)5-8-21(27-24)17-28-14-13-19(16-28)25(29)30/h5,8,11-12,15,19-20,22H,4,6-7,9-10,13-14,16-17H2,1-3H3,(H,29,30). The number of hydrogen-bond acceptors (Lipinski definition) is 4. The summed E-state index contributed by atoms with van der Waals surface area (Å²) < 4.78 is 6.34. The fourth-order valence-corrected chi connectivity index (χ4v) is 5.16. The van der Waals surface area contributed by atoms with Gasteiger partial charge < -0.3 is 9.84 Å². The maximum atomic E-state index is 11.2. The average Bonchev–Trinajstić information content (AvgIpc) is 3.23. The van der Waals surface area contributed by atoms with Crippen LogP contribution in [0.5, 0.6) is 5.75 Å². The molecule has 5 heteroatoms. The van der Waals surface area contributed by atoms with E-state index in [1.165, 1.54) is 19.3 Å². The lowest BCUT2D eigenvalue weighted by molar-refractivity contribution is -0.141. The van der Waals surface area contributed by atoms with E-state index in [4.69, 9.17) is 9.72 Å². The maximum Gasteiger partial charge on any atom is 0.307 e. The molecule has 5 nitrogen and oxygen atoms in total. The van der Waals surface area contributed by atoms with Crippen molar-refractivity contribution in [3.05, 3.63) is 36.0 Å². The van der Waals surface area contributed by atoms with Gasteiger partial charge in [0.1, 0.15) is 5.75 Å². The maximum absolute atomic E-state index is 11.2. The lowest BCUT2D eigenvalue weighted by Crippen LogP contribution is -2.31. The fourth-order valence-electron chi connectivity index (χ4n) is 5.16. The summed E-state index contributed by atoms with van der Waals surface area (Å²) in [6.07, 6.45) is 7.05. The number of rotatable bonds is 7. The molecular weight excluding hydrogens is 388 g/mol. The molecular formula is C26H36N2O3. The molecule has 0 radical (unpaired) electrons. The van der Waals surface area contributed by atoms with E-state index in [9.17, 15) is 9.90 Å². The summed E-state index contributed by atoms with van der Waals surface area (Å²) >= 11 is 0. The van der Waals surface area contributed by atoms with Gasteiger partial charge in [-0.15, -0.1) is 0 Å². The Hall–Kier alpha value is -2.14. The SMILES string of the molecule is CCC(C)(C)C1CCC(Oc2ccc3nc(CN4CCC(C(=O)O)C4)ccc3c2)CC1. The van der Waals surface area contributed by atoms with Gasteiger partial charge in [0.15, 0.2) is 0 Å². The van der Waals surface area contributed by atoms with Gasteiger partial charge in [-0.05, 0) is 74.2 Å². The molecule has 1 saturated carbocycles. The number of hydrogen-bond donors (Lipinski definition) is 1. The molecule has 4 rings (SSSR count). The number of aromatic nitrogens is 1. The van der Waals surface area contributed by atoms with E-state index >= 15 is 0 Å². The van der Waals surface area contributed by atoms with E-state index in [1.54, 1.807) is 0 Å². The minimum Gasteiger partial charge on any atom is -0.490 e. The molecule has 1 aromatic carbocycles. The van der Waals surface area contributed by atoms with Crippen LogP contribution in [0.4, 0.5) is 0 Å². The number of nitrogens with zero attached hydrogens (tertiary/aromatic N) is 2. The Morgan fingerprint density at radius 1 is 1.16 bits per heavy atom. The summed E-state index contributed by atoms with van der Waals surface area (Å²) in [5.41, 5.74) is 2.39. The summed E-state index contributed by atoms with van der Waals surface area (Å²) in [6.45, 7) is 9.24. The molecule has 1 atom stereocenters. The van der Waals surface area contributed by atoms with Crippen molar-refractivity contribution >= 4 is 16.9 Å². The summed E-state index contributed by atoms with van der Waals surface area (Å²) in [4.78, 5) is 18.1. The zero-order valence-electron chi connectivity index (χ0n) is 19.1. The van der Waals surface area contributed by atoms with Gasteiger partial charge in [0.2, 0.25) is 0 Å². The van der Waals surface area contributed by atoms with Crippen LogP contribution in [0.15, 0.2) is 30.3 Å². The third kappa shape index (κ3) is 5.20. The van der Waals surface area contributed by atoms with E-state index in [1.807, 2.05) is 12.1 Å². The Morgan fingerprint density at radius 2 is 1.94 bits per heavy atom. The minimum absolute atomic E-state index is 0.247. The van der Waals surface area contributed by atoms with Crippen LogP contribution in [0.25, 0.3) is 10.9 Å². The van der Waals surface area contributed by atoms with E-state index < -0.39 is 5.97 Å². The number of carboxylic acid groups (broad SMARTS) is 1. The van der Waals surface area contributed by atoms with Crippen molar-refractivity contribution in [3.63, 3.8) is 0 Å². The van der Waals surface area contributed by atoms with E-state index in [-0.39, 0.29) is 5.92 Å². The Morgan fingerprint density at radius 3 is 2.61 bits per heavy atom. The second kappa shape index (κ2) is 9.15. The molecule has 168 valence electrons. The van der Waals surface area contributed by atoms with Crippen LogP contribution in [0.3, 0.4) is 0 Å². The Bertz CT molecular complexity index is 918. The normalized spacial score (nSPS) is 25.1. The molecule has 0 amide bonds. The molecule has 0 spiro atoms. The zero-order valence-corrected chi connectivity index (χ0v) is 19.1. The number of fused-ring (bicyclic) bond motifs is 1. The zero-order chi connectivity index (χ0) is 22.0. The number of likely N-dealkylation sites (tertiary alicyclic amines) is 1. The van der Waals surface area contributed by atoms with Crippen LogP contribution in [0.1, 0.15) is 65.0 Å². The van der Waals surface area contributed by atoms with E-state index in [0.717, 1.165) is 54.1 Å². The quantitative estimate of drug-likeness (QED) is 0.634. The van der Waals surface area contributed by atoms with Crippen LogP contribution in [-0.4, -0.2) is 40.2 Å². The molecule has 2 aromatic rings. The predicted octanol–water partition coefficient (Wildman–Crippen LogP) is 5.52. The van der Waals surface area contributed by atoms with Crippen LogP contribution < -0.4 is 4.74 Å². The minimum atomic E-state index is -0.691. The first-order chi connectivity index (χ1) is 14.8. The highest BCUT2D eigenvalue weighted by Crippen LogP contribution is 2.41. The summed E-state index contributed by atoms with van der Waals surface area (Å²) in [7, 11) is 0. The van der Waals surface area contributed by atoms with Crippen molar-refractivity contribution in [1.29, 1.82) is 0 Å². The van der Waals surface area contributed by atoms with Crippen molar-refractivity contribution in [2.75, 3.05) is 13.1 Å². The molecule has 2 heterocycles. The number of aliphatic carboxylic acids is 1. The lowest BCUT2D eigenvalue weighted by atomic mass is 9.69. The molecule has 1 aliphatic carbocycles. The first-order valence-corrected chi connectivity index (χ1v) is 11.9. The second-order valence-electron chi connectivity index (χ2n) is 10.1. The Kier molecular flexibility index (Phi) is 6.52. The van der Waals surface area contributed by atoms with Crippen LogP contribution >= 0.6 is 0 Å². The number of carboxylic acids is 1. The van der Waals surface area contributed by atoms with Crippen molar-refractivity contribution in [2.45, 2.75) is 71.9 Å². The third-order valence-corrected chi connectivity index (χ3v) is 7.72. The highest BCUT2D eigenvalue weighted by Gasteiger charge is 2.32. The highest BCUT2D eigenvalue weighted by atomic mass is 16.5. The molecule has 2 fully saturated rings. The van der Waals surface area contributed by atoms with Gasteiger partial charge in [0.05, 0.1) is 23.2 Å². The molecule has 1 N–H and O–H groups in total. The fraction of sp³-hybridized carbons (Fsp3) is 0.615. The molecule has 1 aliphatic heterocycles. The highest BCUT2D eigenvalue weighted by molar-refractivity contribution is 5.80. The molecule has 1 aromatic heterocycles. The second-order valence-corrected chi connectivity index (χ2v) is 10.1. The molecule has 1 unspecified atom stereocenters. The van der Waals surface area contributed by atoms with E-state index in [0.29, 0.717) is 24.6 Å². The Balaban J connectivity index is 1.35. The summed E-state index contributed by atoms with van der Waals surface area (Å²) in [5, 5.41) is 10.3. The predicted molar refractivity (Wildman–Crippen MR) is 123 cm³/mol. The first kappa shape index (κ1) is 22.1. The molecule has 31 heavy (non-hydrogen) atoms. The molecule has 0 bridgehead atoms. The lowest BCUT2D eigenvalue weighted by Gasteiger charge is -2.38. The van der Waals surface area contributed by atoms with Crippen LogP contribution in [0, 0.1) is 17.3 Å². The van der Waals surface area contributed by atoms with Crippen molar-refractivity contribution < 1.29 is 14.6 Å². The van der Waals surface area contributed by atoms with Gasteiger partial charge in [-0.25, -0.2) is 0 Å². The average molecular weight is 425 g/mol. The number of ether oxygens (including phenoxy) is 1. The van der Waals surface area contributed by atoms with E-state index in [2.05, 4.69) is 43.9 Å². The largest absolute Gasteiger partial charge is 0.490 e.